The van der Waals surface area contributed by atoms with Crippen LogP contribution >= 0.6 is 0 Å². The van der Waals surface area contributed by atoms with Crippen molar-refractivity contribution in [1.82, 2.24) is 9.80 Å². The summed E-state index contributed by atoms with van der Waals surface area (Å²) in [5, 5.41) is 15.6. The second kappa shape index (κ2) is 13.1. The van der Waals surface area contributed by atoms with E-state index in [9.17, 15) is 19.5 Å². The lowest BCUT2D eigenvalue weighted by Gasteiger charge is -2.38. The molecule has 4 rings (SSSR count). The monoisotopic (exact) mass is 544 g/mol. The van der Waals surface area contributed by atoms with Crippen molar-refractivity contribution in [3.8, 4) is 5.75 Å². The van der Waals surface area contributed by atoms with Gasteiger partial charge in [0.15, 0.2) is 0 Å². The SMILES string of the molecule is C[C@@H]1CN([C@H](C)CO)C(=O)c2cc(NC(=O)Cc3ccccc3)ccc2O[C@H]1CN(C)C(=O)Nc1ccccc1. The van der Waals surface area contributed by atoms with Gasteiger partial charge in [-0.3, -0.25) is 9.59 Å². The minimum atomic E-state index is -0.440. The van der Waals surface area contributed by atoms with Gasteiger partial charge in [0.2, 0.25) is 5.91 Å². The normalized spacial score (nSPS) is 17.5. The second-order valence-corrected chi connectivity index (χ2v) is 10.2. The van der Waals surface area contributed by atoms with Gasteiger partial charge < -0.3 is 30.3 Å². The van der Waals surface area contributed by atoms with Crippen molar-refractivity contribution in [1.29, 1.82) is 0 Å². The first-order valence-electron chi connectivity index (χ1n) is 13.4. The number of ether oxygens (including phenoxy) is 1. The molecule has 1 heterocycles. The Morgan fingerprint density at radius 1 is 1.02 bits per heavy atom. The van der Waals surface area contributed by atoms with E-state index in [2.05, 4.69) is 10.6 Å². The number of hydrogen-bond acceptors (Lipinski definition) is 5. The van der Waals surface area contributed by atoms with Crippen molar-refractivity contribution >= 4 is 29.2 Å². The topological polar surface area (TPSA) is 111 Å². The van der Waals surface area contributed by atoms with Gasteiger partial charge in [-0.1, -0.05) is 55.5 Å². The van der Waals surface area contributed by atoms with Crippen molar-refractivity contribution in [3.63, 3.8) is 0 Å². The first-order chi connectivity index (χ1) is 19.2. The lowest BCUT2D eigenvalue weighted by Crippen LogP contribution is -2.50. The Morgan fingerprint density at radius 3 is 2.38 bits per heavy atom. The molecule has 1 aliphatic rings. The quantitative estimate of drug-likeness (QED) is 0.393. The van der Waals surface area contributed by atoms with E-state index >= 15 is 0 Å². The number of rotatable bonds is 8. The van der Waals surface area contributed by atoms with Gasteiger partial charge in [0, 0.05) is 30.9 Å². The van der Waals surface area contributed by atoms with E-state index in [0.29, 0.717) is 23.7 Å². The largest absolute Gasteiger partial charge is 0.487 e. The average molecular weight is 545 g/mol. The molecule has 4 amide bonds. The Labute approximate surface area is 234 Å². The third-order valence-electron chi connectivity index (χ3n) is 6.98. The zero-order chi connectivity index (χ0) is 28.6. The number of aliphatic hydroxyl groups is 1. The van der Waals surface area contributed by atoms with Crippen LogP contribution in [0.25, 0.3) is 0 Å². The van der Waals surface area contributed by atoms with Crippen LogP contribution in [0, 0.1) is 5.92 Å². The Morgan fingerprint density at radius 2 is 1.70 bits per heavy atom. The highest BCUT2D eigenvalue weighted by atomic mass is 16.5. The highest BCUT2D eigenvalue weighted by Gasteiger charge is 2.34. The number of aliphatic hydroxyl groups excluding tert-OH is 1. The third-order valence-corrected chi connectivity index (χ3v) is 6.98. The molecule has 0 aliphatic carbocycles. The summed E-state index contributed by atoms with van der Waals surface area (Å²) in [5.41, 5.74) is 2.32. The Hall–Kier alpha value is -4.37. The molecule has 210 valence electrons. The fraction of sp³-hybridized carbons (Fsp3) is 0.323. The highest BCUT2D eigenvalue weighted by Crippen LogP contribution is 2.31. The summed E-state index contributed by atoms with van der Waals surface area (Å²) in [7, 11) is 1.69. The number of fused-ring (bicyclic) bond motifs is 1. The van der Waals surface area contributed by atoms with E-state index in [4.69, 9.17) is 4.74 Å². The summed E-state index contributed by atoms with van der Waals surface area (Å²) < 4.78 is 6.36. The van der Waals surface area contributed by atoms with Gasteiger partial charge in [-0.15, -0.1) is 0 Å². The summed E-state index contributed by atoms with van der Waals surface area (Å²) in [6, 6.07) is 22.9. The lowest BCUT2D eigenvalue weighted by atomic mass is 9.99. The van der Waals surface area contributed by atoms with Crippen LogP contribution in [0.3, 0.4) is 0 Å². The van der Waals surface area contributed by atoms with Crippen LogP contribution in [0.15, 0.2) is 78.9 Å². The van der Waals surface area contributed by atoms with Crippen LogP contribution in [0.2, 0.25) is 0 Å². The predicted octanol–water partition coefficient (Wildman–Crippen LogP) is 4.25. The highest BCUT2D eigenvalue weighted by molar-refractivity contribution is 6.00. The van der Waals surface area contributed by atoms with Crippen LogP contribution in [0.5, 0.6) is 5.75 Å². The number of hydrogen-bond donors (Lipinski definition) is 3. The van der Waals surface area contributed by atoms with Gasteiger partial charge >= 0.3 is 6.03 Å². The summed E-state index contributed by atoms with van der Waals surface area (Å²) >= 11 is 0. The number of anilines is 2. The molecule has 0 fully saturated rings. The molecule has 9 nitrogen and oxygen atoms in total. The number of nitrogens with one attached hydrogen (secondary N) is 2. The maximum Gasteiger partial charge on any atom is 0.321 e. The molecular formula is C31H36N4O5. The molecule has 3 atom stereocenters. The van der Waals surface area contributed by atoms with Crippen LogP contribution in [0.1, 0.15) is 29.8 Å². The summed E-state index contributed by atoms with van der Waals surface area (Å²) in [6.45, 7) is 4.13. The van der Waals surface area contributed by atoms with Crippen molar-refractivity contribution in [2.24, 2.45) is 5.92 Å². The molecule has 3 aromatic rings. The van der Waals surface area contributed by atoms with E-state index in [-0.39, 0.29) is 48.9 Å². The predicted molar refractivity (Wildman–Crippen MR) is 154 cm³/mol. The first-order valence-corrected chi connectivity index (χ1v) is 13.4. The number of nitrogens with zero attached hydrogens (tertiary/aromatic N) is 2. The number of carbonyl (C=O) groups is 3. The zero-order valence-corrected chi connectivity index (χ0v) is 23.0. The molecule has 0 saturated carbocycles. The summed E-state index contributed by atoms with van der Waals surface area (Å²) in [6.07, 6.45) is -0.238. The molecule has 0 saturated heterocycles. The van der Waals surface area contributed by atoms with Crippen molar-refractivity contribution in [3.05, 3.63) is 90.0 Å². The van der Waals surface area contributed by atoms with Crippen LogP contribution < -0.4 is 15.4 Å². The number of urea groups is 1. The number of benzene rings is 3. The Balaban J connectivity index is 1.55. The maximum absolute atomic E-state index is 13.7. The van der Waals surface area contributed by atoms with E-state index in [0.717, 1.165) is 5.56 Å². The average Bonchev–Trinajstić information content (AvgIpc) is 2.95. The second-order valence-electron chi connectivity index (χ2n) is 10.2. The van der Waals surface area contributed by atoms with Gasteiger partial charge in [-0.2, -0.15) is 0 Å². The fourth-order valence-electron chi connectivity index (χ4n) is 4.60. The fourth-order valence-corrected chi connectivity index (χ4v) is 4.60. The third kappa shape index (κ3) is 7.18. The Bertz CT molecular complexity index is 1320. The standard InChI is InChI=1S/C31H36N4O5/c1-21-18-35(22(2)20-36)30(38)26-17-25(32-29(37)16-23-10-6-4-7-11-23)14-15-27(26)40-28(21)19-34(3)31(39)33-24-12-8-5-9-13-24/h4-15,17,21-22,28,36H,16,18-20H2,1-3H3,(H,32,37)(H,33,39)/t21-,22-,28+/m1/s1. The van der Waals surface area contributed by atoms with Crippen LogP contribution in [-0.2, 0) is 11.2 Å². The molecule has 40 heavy (non-hydrogen) atoms. The number of likely N-dealkylation sites (N-methyl/N-ethyl adjacent to an activating group) is 1. The smallest absolute Gasteiger partial charge is 0.321 e. The lowest BCUT2D eigenvalue weighted by molar-refractivity contribution is -0.115. The molecule has 0 unspecified atom stereocenters. The molecule has 3 aromatic carbocycles. The molecule has 3 N–H and O–H groups in total. The summed E-state index contributed by atoms with van der Waals surface area (Å²) in [5.74, 6) is -0.294. The van der Waals surface area contributed by atoms with Gasteiger partial charge in [-0.05, 0) is 42.8 Å². The molecule has 1 aliphatic heterocycles. The molecule has 0 radical (unpaired) electrons. The number of amides is 4. The van der Waals surface area contributed by atoms with Gasteiger partial charge in [-0.25, -0.2) is 4.79 Å². The minimum absolute atomic E-state index is 0.150. The minimum Gasteiger partial charge on any atom is -0.487 e. The molecule has 0 aromatic heterocycles. The van der Waals surface area contributed by atoms with E-state index in [1.807, 2.05) is 67.6 Å². The summed E-state index contributed by atoms with van der Waals surface area (Å²) in [4.78, 5) is 42.4. The van der Waals surface area contributed by atoms with Crippen LogP contribution in [-0.4, -0.2) is 71.6 Å². The Kier molecular flexibility index (Phi) is 9.39. The van der Waals surface area contributed by atoms with Gasteiger partial charge in [0.25, 0.3) is 5.91 Å². The number of para-hydroxylation sites is 1. The van der Waals surface area contributed by atoms with Crippen molar-refractivity contribution < 1.29 is 24.2 Å². The first kappa shape index (κ1) is 28.6. The molecule has 0 bridgehead atoms. The zero-order valence-electron chi connectivity index (χ0n) is 23.0. The van der Waals surface area contributed by atoms with Crippen LogP contribution in [0.4, 0.5) is 16.2 Å². The maximum atomic E-state index is 13.7. The van der Waals surface area contributed by atoms with Crippen molar-refractivity contribution in [2.75, 3.05) is 37.4 Å². The van der Waals surface area contributed by atoms with Gasteiger partial charge in [0.1, 0.15) is 11.9 Å². The number of carbonyl (C=O) groups excluding carboxylic acids is 3. The van der Waals surface area contributed by atoms with E-state index < -0.39 is 12.1 Å². The van der Waals surface area contributed by atoms with E-state index in [1.165, 1.54) is 0 Å². The molecular weight excluding hydrogens is 508 g/mol. The van der Waals surface area contributed by atoms with Gasteiger partial charge in [0.05, 0.1) is 31.2 Å². The van der Waals surface area contributed by atoms with E-state index in [1.54, 1.807) is 42.0 Å². The van der Waals surface area contributed by atoms with Crippen molar-refractivity contribution in [2.45, 2.75) is 32.4 Å². The molecule has 0 spiro atoms. The molecule has 9 heteroatoms.